The molecule has 0 fully saturated rings. The third-order valence-electron chi connectivity index (χ3n) is 5.71. The zero-order valence-corrected chi connectivity index (χ0v) is 16.9. The standard InChI is InChI=1S/C26H23N2O/c1-27-16-22(20-8-4-6-10-24(20)27)26(18-12-14-19(29-3)15-13-18)23-17-28(2)25-11-7-5-9-21(23)25/h4-17H,1-3H3/q+1. The summed E-state index contributed by atoms with van der Waals surface area (Å²) >= 11 is 0. The van der Waals surface area contributed by atoms with Crippen LogP contribution in [0.1, 0.15) is 16.7 Å². The summed E-state index contributed by atoms with van der Waals surface area (Å²) in [5, 5.41) is 1.26. The number of aryl methyl sites for hydroxylation is 1. The van der Waals surface area contributed by atoms with Gasteiger partial charge in [0.15, 0.2) is 6.21 Å². The number of para-hydroxylation sites is 2. The minimum Gasteiger partial charge on any atom is -0.497 e. The number of hydrogen-bond acceptors (Lipinski definition) is 1. The molecule has 0 atom stereocenters. The fourth-order valence-electron chi connectivity index (χ4n) is 4.30. The van der Waals surface area contributed by atoms with Crippen molar-refractivity contribution in [3.8, 4) is 5.75 Å². The topological polar surface area (TPSA) is 17.2 Å². The van der Waals surface area contributed by atoms with Gasteiger partial charge in [-0.3, -0.25) is 0 Å². The van der Waals surface area contributed by atoms with Crippen LogP contribution >= 0.6 is 0 Å². The molecule has 3 nitrogen and oxygen atoms in total. The van der Waals surface area contributed by atoms with Gasteiger partial charge in [0.1, 0.15) is 12.8 Å². The number of fused-ring (bicyclic) bond motifs is 2. The predicted molar refractivity (Wildman–Crippen MR) is 120 cm³/mol. The normalized spacial score (nSPS) is 14.7. The summed E-state index contributed by atoms with van der Waals surface area (Å²) in [7, 11) is 5.93. The second kappa shape index (κ2) is 6.78. The van der Waals surface area contributed by atoms with Crippen molar-refractivity contribution in [2.24, 2.45) is 7.05 Å². The van der Waals surface area contributed by atoms with Gasteiger partial charge < -0.3 is 9.30 Å². The smallest absolute Gasteiger partial charge is 0.213 e. The highest BCUT2D eigenvalue weighted by Gasteiger charge is 2.28. The lowest BCUT2D eigenvalue weighted by Gasteiger charge is -2.11. The first kappa shape index (κ1) is 17.5. The van der Waals surface area contributed by atoms with Crippen molar-refractivity contribution >= 4 is 34.0 Å². The number of benzene rings is 3. The SMILES string of the molecule is COc1ccc(/C(=C2\C=[N+](C)c3ccccc32)c2cn(C)c3ccccc23)cc1. The molecule has 2 heterocycles. The molecule has 0 amide bonds. The fraction of sp³-hybridized carbons (Fsp3) is 0.115. The van der Waals surface area contributed by atoms with Gasteiger partial charge in [-0.25, -0.2) is 4.58 Å². The monoisotopic (exact) mass is 379 g/mol. The molecule has 3 heteroatoms. The third kappa shape index (κ3) is 2.78. The van der Waals surface area contributed by atoms with Crippen molar-refractivity contribution in [2.45, 2.75) is 0 Å². The van der Waals surface area contributed by atoms with Gasteiger partial charge in [0.05, 0.1) is 18.2 Å². The molecule has 1 aliphatic rings. The van der Waals surface area contributed by atoms with Gasteiger partial charge in [0.25, 0.3) is 0 Å². The Morgan fingerprint density at radius 3 is 2.41 bits per heavy atom. The van der Waals surface area contributed by atoms with Gasteiger partial charge in [-0.2, -0.15) is 0 Å². The second-order valence-corrected chi connectivity index (χ2v) is 7.45. The first-order valence-corrected chi connectivity index (χ1v) is 9.77. The number of aromatic nitrogens is 1. The van der Waals surface area contributed by atoms with Gasteiger partial charge in [0, 0.05) is 41.4 Å². The summed E-state index contributed by atoms with van der Waals surface area (Å²) < 4.78 is 9.81. The molecule has 0 saturated carbocycles. The second-order valence-electron chi connectivity index (χ2n) is 7.45. The third-order valence-corrected chi connectivity index (χ3v) is 5.71. The molecule has 142 valence electrons. The number of hydrogen-bond donors (Lipinski definition) is 0. The van der Waals surface area contributed by atoms with Crippen molar-refractivity contribution < 1.29 is 9.31 Å². The van der Waals surface area contributed by atoms with Crippen LogP contribution in [0.3, 0.4) is 0 Å². The van der Waals surface area contributed by atoms with Crippen LogP contribution in [0.2, 0.25) is 0 Å². The number of nitrogens with zero attached hydrogens (tertiary/aromatic N) is 2. The van der Waals surface area contributed by atoms with E-state index in [9.17, 15) is 0 Å². The lowest BCUT2D eigenvalue weighted by molar-refractivity contribution is -0.395. The summed E-state index contributed by atoms with van der Waals surface area (Å²) in [5.74, 6) is 0.865. The highest BCUT2D eigenvalue weighted by molar-refractivity contribution is 6.25. The Morgan fingerprint density at radius 1 is 0.897 bits per heavy atom. The molecule has 0 bridgehead atoms. The average molecular weight is 379 g/mol. The van der Waals surface area contributed by atoms with Crippen LogP contribution in [0, 0.1) is 0 Å². The Kier molecular flexibility index (Phi) is 4.09. The quantitative estimate of drug-likeness (QED) is 0.429. The minimum atomic E-state index is 0.865. The van der Waals surface area contributed by atoms with Crippen molar-refractivity contribution in [3.63, 3.8) is 0 Å². The van der Waals surface area contributed by atoms with Crippen molar-refractivity contribution in [2.75, 3.05) is 14.2 Å². The van der Waals surface area contributed by atoms with E-state index in [2.05, 4.69) is 96.3 Å². The van der Waals surface area contributed by atoms with Crippen molar-refractivity contribution in [3.05, 3.63) is 95.7 Å². The summed E-state index contributed by atoms with van der Waals surface area (Å²) in [5.41, 5.74) is 8.62. The maximum absolute atomic E-state index is 5.39. The van der Waals surface area contributed by atoms with E-state index >= 15 is 0 Å². The van der Waals surface area contributed by atoms with Gasteiger partial charge in [-0.05, 0) is 29.8 Å². The first-order chi connectivity index (χ1) is 14.2. The van der Waals surface area contributed by atoms with Crippen LogP contribution < -0.4 is 4.74 Å². The summed E-state index contributed by atoms with van der Waals surface area (Å²) in [4.78, 5) is 0. The number of methoxy groups -OCH3 is 1. The molecule has 1 aromatic heterocycles. The largest absolute Gasteiger partial charge is 0.497 e. The Bertz CT molecular complexity index is 1290. The van der Waals surface area contributed by atoms with Crippen LogP contribution in [0.15, 0.2) is 79.0 Å². The predicted octanol–water partition coefficient (Wildman–Crippen LogP) is 5.50. The molecule has 4 aromatic rings. The van der Waals surface area contributed by atoms with Gasteiger partial charge in [0.2, 0.25) is 5.69 Å². The van der Waals surface area contributed by atoms with Gasteiger partial charge in [-0.15, -0.1) is 0 Å². The van der Waals surface area contributed by atoms with E-state index in [-0.39, 0.29) is 0 Å². The molecule has 3 aromatic carbocycles. The molecule has 5 rings (SSSR count). The highest BCUT2D eigenvalue weighted by atomic mass is 16.5. The van der Waals surface area contributed by atoms with E-state index in [0.717, 1.165) is 5.75 Å². The highest BCUT2D eigenvalue weighted by Crippen LogP contribution is 2.41. The van der Waals surface area contributed by atoms with E-state index in [0.29, 0.717) is 0 Å². The molecule has 1 aliphatic heterocycles. The molecule has 0 N–H and O–H groups in total. The van der Waals surface area contributed by atoms with E-state index in [1.54, 1.807) is 7.11 Å². The summed E-state index contributed by atoms with van der Waals surface area (Å²) in [6.07, 6.45) is 4.48. The first-order valence-electron chi connectivity index (χ1n) is 9.77. The molecular formula is C26H23N2O+. The molecule has 0 unspecified atom stereocenters. The Morgan fingerprint density at radius 2 is 1.62 bits per heavy atom. The van der Waals surface area contributed by atoms with Crippen LogP contribution in [0.4, 0.5) is 5.69 Å². The Balaban J connectivity index is 1.86. The molecule has 0 aliphatic carbocycles. The fourth-order valence-corrected chi connectivity index (χ4v) is 4.30. The van der Waals surface area contributed by atoms with E-state index < -0.39 is 0 Å². The number of allylic oxidation sites excluding steroid dienone is 1. The number of rotatable bonds is 3. The van der Waals surface area contributed by atoms with Crippen LogP contribution in [-0.4, -0.2) is 29.5 Å². The maximum atomic E-state index is 5.39. The molecule has 0 saturated heterocycles. The van der Waals surface area contributed by atoms with Gasteiger partial charge >= 0.3 is 0 Å². The molecular weight excluding hydrogens is 356 g/mol. The summed E-state index contributed by atoms with van der Waals surface area (Å²) in [6.45, 7) is 0. The molecule has 0 radical (unpaired) electrons. The minimum absolute atomic E-state index is 0.865. The Hall–Kier alpha value is -3.59. The molecule has 29 heavy (non-hydrogen) atoms. The molecule has 0 spiro atoms. The average Bonchev–Trinajstić information content (AvgIpc) is 3.27. The van der Waals surface area contributed by atoms with Gasteiger partial charge in [-0.1, -0.05) is 42.5 Å². The lowest BCUT2D eigenvalue weighted by atomic mass is 9.90. The zero-order valence-electron chi connectivity index (χ0n) is 16.9. The lowest BCUT2D eigenvalue weighted by Crippen LogP contribution is -1.96. The van der Waals surface area contributed by atoms with Crippen molar-refractivity contribution in [1.82, 2.24) is 4.57 Å². The number of ether oxygens (including phenoxy) is 1. The van der Waals surface area contributed by atoms with E-state index in [4.69, 9.17) is 4.74 Å². The van der Waals surface area contributed by atoms with E-state index in [1.807, 2.05) is 12.1 Å². The summed E-state index contributed by atoms with van der Waals surface area (Å²) in [6, 6.07) is 25.5. The van der Waals surface area contributed by atoms with E-state index in [1.165, 1.54) is 44.4 Å². The van der Waals surface area contributed by atoms with Crippen molar-refractivity contribution in [1.29, 1.82) is 0 Å². The zero-order chi connectivity index (χ0) is 20.0. The van der Waals surface area contributed by atoms with Crippen LogP contribution in [-0.2, 0) is 7.05 Å². The van der Waals surface area contributed by atoms with Crippen LogP contribution in [0.25, 0.3) is 22.0 Å². The maximum Gasteiger partial charge on any atom is 0.213 e. The Labute approximate surface area is 170 Å². The van der Waals surface area contributed by atoms with Crippen LogP contribution in [0.5, 0.6) is 5.75 Å².